The molecule has 0 aromatic carbocycles. The van der Waals surface area contributed by atoms with E-state index in [-0.39, 0.29) is 5.91 Å². The van der Waals surface area contributed by atoms with E-state index in [1.165, 1.54) is 0 Å². The maximum Gasteiger partial charge on any atom is 0.286 e. The Labute approximate surface area is 140 Å². The summed E-state index contributed by atoms with van der Waals surface area (Å²) in [6, 6.07) is 7.40. The van der Waals surface area contributed by atoms with E-state index in [0.717, 1.165) is 24.4 Å². The van der Waals surface area contributed by atoms with E-state index in [4.69, 9.17) is 4.42 Å². The van der Waals surface area contributed by atoms with Gasteiger partial charge in [-0.1, -0.05) is 0 Å². The summed E-state index contributed by atoms with van der Waals surface area (Å²) < 4.78 is 9.33. The van der Waals surface area contributed by atoms with Crippen molar-refractivity contribution < 1.29 is 9.21 Å². The van der Waals surface area contributed by atoms with Crippen molar-refractivity contribution in [3.8, 4) is 0 Å². The summed E-state index contributed by atoms with van der Waals surface area (Å²) >= 11 is 0. The van der Waals surface area contributed by atoms with Crippen LogP contribution in [0.1, 0.15) is 34.1 Å². The molecule has 24 heavy (non-hydrogen) atoms. The summed E-state index contributed by atoms with van der Waals surface area (Å²) in [7, 11) is 0. The van der Waals surface area contributed by atoms with Crippen molar-refractivity contribution in [3.05, 3.63) is 59.6 Å². The Morgan fingerprint density at radius 3 is 2.92 bits per heavy atom. The van der Waals surface area contributed by atoms with Gasteiger partial charge in [-0.15, -0.1) is 0 Å². The molecule has 0 atom stereocenters. The number of nitrogens with one attached hydrogen (secondary N) is 1. The van der Waals surface area contributed by atoms with Crippen LogP contribution in [0.3, 0.4) is 0 Å². The minimum atomic E-state index is -0.199. The second-order valence-electron chi connectivity index (χ2n) is 5.73. The molecular formula is C17H21N5O2. The predicted molar refractivity (Wildman–Crippen MR) is 88.7 cm³/mol. The molecule has 0 saturated heterocycles. The van der Waals surface area contributed by atoms with E-state index in [1.54, 1.807) is 12.3 Å². The van der Waals surface area contributed by atoms with E-state index >= 15 is 0 Å². The molecule has 126 valence electrons. The van der Waals surface area contributed by atoms with Gasteiger partial charge in [0.2, 0.25) is 0 Å². The predicted octanol–water partition coefficient (Wildman–Crippen LogP) is 2.16. The van der Waals surface area contributed by atoms with Gasteiger partial charge in [-0.05, 0) is 44.5 Å². The quantitative estimate of drug-likeness (QED) is 0.675. The van der Waals surface area contributed by atoms with Gasteiger partial charge >= 0.3 is 0 Å². The molecule has 3 rings (SSSR count). The van der Waals surface area contributed by atoms with Crippen molar-refractivity contribution in [2.45, 2.75) is 33.4 Å². The van der Waals surface area contributed by atoms with E-state index in [9.17, 15) is 4.79 Å². The third-order valence-corrected chi connectivity index (χ3v) is 3.70. The lowest BCUT2D eigenvalue weighted by Gasteiger charge is -2.04. The second kappa shape index (κ2) is 7.16. The number of hydrogen-bond donors (Lipinski definition) is 1. The molecule has 0 radical (unpaired) electrons. The van der Waals surface area contributed by atoms with Gasteiger partial charge in [-0.2, -0.15) is 10.2 Å². The molecule has 0 saturated carbocycles. The first kappa shape index (κ1) is 16.0. The van der Waals surface area contributed by atoms with Crippen LogP contribution in [-0.2, 0) is 13.1 Å². The largest absolute Gasteiger partial charge is 0.454 e. The molecule has 0 fully saturated rings. The van der Waals surface area contributed by atoms with Crippen LogP contribution in [0.15, 0.2) is 41.1 Å². The van der Waals surface area contributed by atoms with E-state index in [1.807, 2.05) is 47.6 Å². The van der Waals surface area contributed by atoms with Gasteiger partial charge in [-0.25, -0.2) is 0 Å². The highest BCUT2D eigenvalue weighted by Gasteiger charge is 2.12. The molecule has 0 spiro atoms. The second-order valence-corrected chi connectivity index (χ2v) is 5.73. The van der Waals surface area contributed by atoms with E-state index in [2.05, 4.69) is 15.5 Å². The van der Waals surface area contributed by atoms with Crippen LogP contribution in [0.2, 0.25) is 0 Å². The number of carbonyl (C=O) groups is 1. The Balaban J connectivity index is 1.49. The first-order valence-corrected chi connectivity index (χ1v) is 7.97. The van der Waals surface area contributed by atoms with Crippen LogP contribution in [0.25, 0.3) is 0 Å². The van der Waals surface area contributed by atoms with Crippen LogP contribution in [0.5, 0.6) is 0 Å². The van der Waals surface area contributed by atoms with Gasteiger partial charge in [0, 0.05) is 31.2 Å². The molecule has 0 aliphatic carbocycles. The van der Waals surface area contributed by atoms with E-state index in [0.29, 0.717) is 24.6 Å². The van der Waals surface area contributed by atoms with Crippen LogP contribution < -0.4 is 5.32 Å². The normalized spacial score (nSPS) is 10.9. The number of carbonyl (C=O) groups excluding carboxylic acids is 1. The number of amides is 1. The summed E-state index contributed by atoms with van der Waals surface area (Å²) in [4.78, 5) is 12.1. The fourth-order valence-corrected chi connectivity index (χ4v) is 2.53. The third-order valence-electron chi connectivity index (χ3n) is 3.70. The molecule has 0 aliphatic rings. The molecule has 0 unspecified atom stereocenters. The maximum absolute atomic E-state index is 12.1. The van der Waals surface area contributed by atoms with Gasteiger partial charge in [0.25, 0.3) is 5.91 Å². The molecule has 3 heterocycles. The molecular weight excluding hydrogens is 306 g/mol. The Morgan fingerprint density at radius 1 is 1.33 bits per heavy atom. The Kier molecular flexibility index (Phi) is 4.79. The van der Waals surface area contributed by atoms with Gasteiger partial charge in [0.15, 0.2) is 5.76 Å². The molecule has 3 aromatic rings. The van der Waals surface area contributed by atoms with Crippen LogP contribution in [0.4, 0.5) is 0 Å². The highest BCUT2D eigenvalue weighted by Crippen LogP contribution is 2.11. The zero-order valence-electron chi connectivity index (χ0n) is 13.9. The molecule has 3 aromatic heterocycles. The van der Waals surface area contributed by atoms with Gasteiger partial charge < -0.3 is 9.73 Å². The van der Waals surface area contributed by atoms with Crippen molar-refractivity contribution in [1.29, 1.82) is 0 Å². The minimum Gasteiger partial charge on any atom is -0.454 e. The van der Waals surface area contributed by atoms with Crippen molar-refractivity contribution in [2.24, 2.45) is 0 Å². The molecule has 7 heteroatoms. The zero-order chi connectivity index (χ0) is 16.9. The average molecular weight is 327 g/mol. The number of furan rings is 1. The van der Waals surface area contributed by atoms with Gasteiger partial charge in [0.05, 0.1) is 12.2 Å². The number of rotatable bonds is 7. The SMILES string of the molecule is Cc1cc(C)n(Cc2ccc(C(=O)NCCCn3cccn3)o2)n1. The highest BCUT2D eigenvalue weighted by atomic mass is 16.4. The highest BCUT2D eigenvalue weighted by molar-refractivity contribution is 5.91. The smallest absolute Gasteiger partial charge is 0.286 e. The Hall–Kier alpha value is -2.83. The lowest BCUT2D eigenvalue weighted by atomic mass is 10.3. The third kappa shape index (κ3) is 3.92. The lowest BCUT2D eigenvalue weighted by Crippen LogP contribution is -2.24. The summed E-state index contributed by atoms with van der Waals surface area (Å²) in [6.45, 7) is 5.82. The summed E-state index contributed by atoms with van der Waals surface area (Å²) in [5.74, 6) is 0.837. The lowest BCUT2D eigenvalue weighted by molar-refractivity contribution is 0.0923. The maximum atomic E-state index is 12.1. The molecule has 0 bridgehead atoms. The van der Waals surface area contributed by atoms with Crippen LogP contribution in [-0.4, -0.2) is 32.0 Å². The first-order valence-electron chi connectivity index (χ1n) is 7.97. The van der Waals surface area contributed by atoms with Crippen LogP contribution >= 0.6 is 0 Å². The summed E-state index contributed by atoms with van der Waals surface area (Å²) in [5.41, 5.74) is 2.03. The molecule has 1 amide bonds. The Morgan fingerprint density at radius 2 is 2.21 bits per heavy atom. The number of nitrogens with zero attached hydrogens (tertiary/aromatic N) is 4. The van der Waals surface area contributed by atoms with Crippen molar-refractivity contribution in [3.63, 3.8) is 0 Å². The van der Waals surface area contributed by atoms with Crippen LogP contribution in [0, 0.1) is 13.8 Å². The average Bonchev–Trinajstić information content (AvgIpc) is 3.27. The minimum absolute atomic E-state index is 0.199. The molecule has 1 N–H and O–H groups in total. The zero-order valence-corrected chi connectivity index (χ0v) is 13.9. The topological polar surface area (TPSA) is 77.9 Å². The fraction of sp³-hybridized carbons (Fsp3) is 0.353. The van der Waals surface area contributed by atoms with E-state index < -0.39 is 0 Å². The molecule has 0 aliphatic heterocycles. The van der Waals surface area contributed by atoms with Crippen molar-refractivity contribution in [2.75, 3.05) is 6.54 Å². The standard InChI is InChI=1S/C17H21N5O2/c1-13-11-14(2)22(20-13)12-15-5-6-16(24-15)17(23)18-7-3-9-21-10-4-8-19-21/h4-6,8,10-11H,3,7,9,12H2,1-2H3,(H,18,23). The molecule has 7 nitrogen and oxygen atoms in total. The van der Waals surface area contributed by atoms with Crippen molar-refractivity contribution >= 4 is 5.91 Å². The number of hydrogen-bond acceptors (Lipinski definition) is 4. The fourth-order valence-electron chi connectivity index (χ4n) is 2.53. The van der Waals surface area contributed by atoms with Crippen molar-refractivity contribution in [1.82, 2.24) is 24.9 Å². The summed E-state index contributed by atoms with van der Waals surface area (Å²) in [6.07, 6.45) is 4.46. The summed E-state index contributed by atoms with van der Waals surface area (Å²) in [5, 5.41) is 11.4. The monoisotopic (exact) mass is 327 g/mol. The van der Waals surface area contributed by atoms with Gasteiger partial charge in [0.1, 0.15) is 5.76 Å². The first-order chi connectivity index (χ1) is 11.6. The number of aryl methyl sites for hydroxylation is 3. The number of aromatic nitrogens is 4. The van der Waals surface area contributed by atoms with Gasteiger partial charge in [-0.3, -0.25) is 14.2 Å². The Bertz CT molecular complexity index is 801.